The highest BCUT2D eigenvalue weighted by Crippen LogP contribution is 2.29. The van der Waals surface area contributed by atoms with Crippen LogP contribution in [0.25, 0.3) is 0 Å². The van der Waals surface area contributed by atoms with Gasteiger partial charge in [-0.2, -0.15) is 9.40 Å². The molecular weight excluding hydrogens is 377 g/mol. The average molecular weight is 400 g/mol. The molecule has 0 N–H and O–H groups in total. The first-order chi connectivity index (χ1) is 12.2. The summed E-state index contributed by atoms with van der Waals surface area (Å²) in [6.45, 7) is 4.43. The van der Waals surface area contributed by atoms with Gasteiger partial charge in [0.1, 0.15) is 10.7 Å². The van der Waals surface area contributed by atoms with E-state index in [1.54, 1.807) is 35.9 Å². The highest BCUT2D eigenvalue weighted by atomic mass is 35.5. The summed E-state index contributed by atoms with van der Waals surface area (Å²) in [6.07, 6.45) is 2.23. The highest BCUT2D eigenvalue weighted by Gasteiger charge is 2.33. The summed E-state index contributed by atoms with van der Waals surface area (Å²) in [5.74, 6) is -0.0789. The molecule has 1 saturated heterocycles. The zero-order chi connectivity index (χ0) is 19.1. The van der Waals surface area contributed by atoms with Crippen molar-refractivity contribution in [3.8, 4) is 0 Å². The lowest BCUT2D eigenvalue weighted by Crippen LogP contribution is -2.39. The summed E-state index contributed by atoms with van der Waals surface area (Å²) in [4.78, 5) is 0.318. The minimum Gasteiger partial charge on any atom is -0.271 e. The van der Waals surface area contributed by atoms with Gasteiger partial charge in [-0.1, -0.05) is 17.7 Å². The predicted octanol–water partition coefficient (Wildman–Crippen LogP) is 3.47. The fourth-order valence-corrected chi connectivity index (χ4v) is 5.60. The Kier molecular flexibility index (Phi) is 5.42. The fourth-order valence-electron chi connectivity index (χ4n) is 3.61. The Morgan fingerprint density at radius 2 is 1.92 bits per heavy atom. The van der Waals surface area contributed by atoms with E-state index in [1.807, 2.05) is 6.07 Å². The largest absolute Gasteiger partial charge is 0.271 e. The molecule has 1 aromatic heterocycles. The van der Waals surface area contributed by atoms with Crippen molar-refractivity contribution in [1.29, 1.82) is 0 Å². The van der Waals surface area contributed by atoms with Crippen LogP contribution in [-0.2, 0) is 23.5 Å². The van der Waals surface area contributed by atoms with Crippen LogP contribution in [0.3, 0.4) is 0 Å². The molecule has 0 bridgehead atoms. The van der Waals surface area contributed by atoms with E-state index in [2.05, 4.69) is 5.10 Å². The van der Waals surface area contributed by atoms with Gasteiger partial charge in [0, 0.05) is 20.1 Å². The van der Waals surface area contributed by atoms with Crippen LogP contribution >= 0.6 is 11.6 Å². The van der Waals surface area contributed by atoms with Gasteiger partial charge in [0.15, 0.2) is 0 Å². The number of halogens is 2. The minimum atomic E-state index is -3.54. The second kappa shape index (κ2) is 7.29. The summed E-state index contributed by atoms with van der Waals surface area (Å²) >= 11 is 5.72. The lowest BCUT2D eigenvalue weighted by molar-refractivity contribution is 0.272. The van der Waals surface area contributed by atoms with E-state index in [-0.39, 0.29) is 5.02 Å². The van der Waals surface area contributed by atoms with Crippen LogP contribution in [0.5, 0.6) is 0 Å². The number of aromatic nitrogens is 2. The van der Waals surface area contributed by atoms with Crippen molar-refractivity contribution in [3.63, 3.8) is 0 Å². The van der Waals surface area contributed by atoms with Gasteiger partial charge in [-0.15, -0.1) is 0 Å². The quantitative estimate of drug-likeness (QED) is 0.790. The van der Waals surface area contributed by atoms with E-state index < -0.39 is 15.8 Å². The zero-order valence-electron chi connectivity index (χ0n) is 15.2. The monoisotopic (exact) mass is 399 g/mol. The van der Waals surface area contributed by atoms with Crippen LogP contribution in [-0.4, -0.2) is 35.6 Å². The standard InChI is InChI=1S/C18H23ClFN3O2S/c1-12-18(13(2)22(3)21-12)26(24,25)23-8-6-14(7-9-23)10-15-4-5-16(19)17(20)11-15/h4-5,11,14H,6-10H2,1-3H3. The summed E-state index contributed by atoms with van der Waals surface area (Å²) in [5, 5.41) is 4.34. The smallest absolute Gasteiger partial charge is 0.246 e. The Labute approximate surface area is 158 Å². The molecule has 0 spiro atoms. The van der Waals surface area contributed by atoms with Crippen LogP contribution in [0.4, 0.5) is 4.39 Å². The maximum atomic E-state index is 13.6. The lowest BCUT2D eigenvalue weighted by atomic mass is 9.91. The first-order valence-electron chi connectivity index (χ1n) is 8.64. The van der Waals surface area contributed by atoms with Crippen molar-refractivity contribution in [2.24, 2.45) is 13.0 Å². The molecule has 8 heteroatoms. The molecule has 2 heterocycles. The van der Waals surface area contributed by atoms with Crippen LogP contribution in [0.1, 0.15) is 29.8 Å². The number of hydrogen-bond donors (Lipinski definition) is 0. The number of rotatable bonds is 4. The van der Waals surface area contributed by atoms with E-state index in [1.165, 1.54) is 6.07 Å². The zero-order valence-corrected chi connectivity index (χ0v) is 16.7. The van der Waals surface area contributed by atoms with E-state index in [4.69, 9.17) is 11.6 Å². The Hall–Kier alpha value is -1.44. The molecule has 0 radical (unpaired) electrons. The lowest BCUT2D eigenvalue weighted by Gasteiger charge is -2.31. The van der Waals surface area contributed by atoms with Gasteiger partial charge in [-0.25, -0.2) is 12.8 Å². The van der Waals surface area contributed by atoms with Crippen molar-refractivity contribution in [1.82, 2.24) is 14.1 Å². The third-order valence-electron chi connectivity index (χ3n) is 5.12. The molecule has 26 heavy (non-hydrogen) atoms. The first kappa shape index (κ1) is 19.3. The maximum absolute atomic E-state index is 13.6. The molecular formula is C18H23ClFN3O2S. The van der Waals surface area contributed by atoms with Gasteiger partial charge in [0.25, 0.3) is 0 Å². The molecule has 0 unspecified atom stereocenters. The summed E-state index contributed by atoms with van der Waals surface area (Å²) in [5.41, 5.74) is 2.08. The Morgan fingerprint density at radius 1 is 1.27 bits per heavy atom. The summed E-state index contributed by atoms with van der Waals surface area (Å²) in [6, 6.07) is 4.87. The molecule has 0 atom stereocenters. The van der Waals surface area contributed by atoms with Gasteiger partial charge in [-0.3, -0.25) is 4.68 Å². The number of sulfonamides is 1. The summed E-state index contributed by atoms with van der Waals surface area (Å²) < 4.78 is 42.7. The number of hydrogen-bond acceptors (Lipinski definition) is 3. The Morgan fingerprint density at radius 3 is 2.46 bits per heavy atom. The molecule has 5 nitrogen and oxygen atoms in total. The highest BCUT2D eigenvalue weighted by molar-refractivity contribution is 7.89. The van der Waals surface area contributed by atoms with Gasteiger partial charge in [0.05, 0.1) is 16.4 Å². The van der Waals surface area contributed by atoms with Gasteiger partial charge < -0.3 is 0 Å². The average Bonchev–Trinajstić information content (AvgIpc) is 2.84. The van der Waals surface area contributed by atoms with Gasteiger partial charge in [0.2, 0.25) is 10.0 Å². The molecule has 1 aromatic carbocycles. The molecule has 142 valence electrons. The van der Waals surface area contributed by atoms with Crippen molar-refractivity contribution in [2.45, 2.75) is 38.0 Å². The Balaban J connectivity index is 1.68. The molecule has 0 amide bonds. The van der Waals surface area contributed by atoms with Crippen molar-refractivity contribution in [2.75, 3.05) is 13.1 Å². The maximum Gasteiger partial charge on any atom is 0.246 e. The van der Waals surface area contributed by atoms with E-state index in [9.17, 15) is 12.8 Å². The van der Waals surface area contributed by atoms with Gasteiger partial charge in [-0.05, 0) is 56.7 Å². The molecule has 1 aliphatic rings. The molecule has 3 rings (SSSR count). The van der Waals surface area contributed by atoms with Crippen LogP contribution in [0.2, 0.25) is 5.02 Å². The van der Waals surface area contributed by atoms with Crippen LogP contribution in [0.15, 0.2) is 23.1 Å². The van der Waals surface area contributed by atoms with E-state index >= 15 is 0 Å². The number of piperidine rings is 1. The molecule has 0 saturated carbocycles. The van der Waals surface area contributed by atoms with Crippen molar-refractivity contribution < 1.29 is 12.8 Å². The number of benzene rings is 1. The molecule has 2 aromatic rings. The van der Waals surface area contributed by atoms with Crippen LogP contribution in [0, 0.1) is 25.6 Å². The van der Waals surface area contributed by atoms with Crippen molar-refractivity contribution in [3.05, 3.63) is 46.0 Å². The van der Waals surface area contributed by atoms with Gasteiger partial charge >= 0.3 is 0 Å². The predicted molar refractivity (Wildman–Crippen MR) is 99.3 cm³/mol. The SMILES string of the molecule is Cc1nn(C)c(C)c1S(=O)(=O)N1CCC(Cc2ccc(Cl)c(F)c2)CC1. The fraction of sp³-hybridized carbons (Fsp3) is 0.500. The third-order valence-corrected chi connectivity index (χ3v) is 7.58. The normalized spacial score (nSPS) is 17.0. The second-order valence-electron chi connectivity index (χ2n) is 6.92. The molecule has 1 aliphatic heterocycles. The third kappa shape index (κ3) is 3.66. The van der Waals surface area contributed by atoms with Crippen molar-refractivity contribution >= 4 is 21.6 Å². The minimum absolute atomic E-state index is 0.122. The summed E-state index contributed by atoms with van der Waals surface area (Å²) in [7, 11) is -1.79. The second-order valence-corrected chi connectivity index (χ2v) is 9.21. The number of nitrogens with zero attached hydrogens (tertiary/aromatic N) is 3. The Bertz CT molecular complexity index is 919. The molecule has 1 fully saturated rings. The molecule has 0 aliphatic carbocycles. The number of aryl methyl sites for hydroxylation is 2. The van der Waals surface area contributed by atoms with E-state index in [0.29, 0.717) is 35.3 Å². The van der Waals surface area contributed by atoms with Crippen LogP contribution < -0.4 is 0 Å². The first-order valence-corrected chi connectivity index (χ1v) is 10.5. The topological polar surface area (TPSA) is 55.2 Å². The van der Waals surface area contributed by atoms with E-state index in [0.717, 1.165) is 24.8 Å².